The molecule has 0 aromatic carbocycles. The fraction of sp³-hybridized carbons (Fsp3) is 0.375. The van der Waals surface area contributed by atoms with Gasteiger partial charge in [0.1, 0.15) is 0 Å². The highest BCUT2D eigenvalue weighted by Crippen LogP contribution is 2.24. The molecule has 0 amide bonds. The summed E-state index contributed by atoms with van der Waals surface area (Å²) in [6.07, 6.45) is 1.49. The molecular weight excluding hydrogens is 211 g/mol. The van der Waals surface area contributed by atoms with Crippen LogP contribution in [-0.4, -0.2) is 23.2 Å². The molecule has 0 saturated heterocycles. The largest absolute Gasteiger partial charge is 0.396 e. The number of nitrogens with zero attached hydrogens (tertiary/aromatic N) is 1. The number of aliphatic hydroxyl groups is 1. The van der Waals surface area contributed by atoms with Gasteiger partial charge in [-0.05, 0) is 6.07 Å². The Balaban J connectivity index is 2.99. The van der Waals surface area contributed by atoms with Crippen molar-refractivity contribution in [2.24, 2.45) is 5.73 Å². The molecule has 72 valence electrons. The Morgan fingerprint density at radius 1 is 1.54 bits per heavy atom. The van der Waals surface area contributed by atoms with Gasteiger partial charge in [0.15, 0.2) is 0 Å². The first-order chi connectivity index (χ1) is 6.19. The van der Waals surface area contributed by atoms with Gasteiger partial charge in [0.2, 0.25) is 0 Å². The first kappa shape index (κ1) is 10.7. The van der Waals surface area contributed by atoms with Crippen molar-refractivity contribution < 1.29 is 5.11 Å². The summed E-state index contributed by atoms with van der Waals surface area (Å²) in [5, 5.41) is 9.88. The van der Waals surface area contributed by atoms with Gasteiger partial charge in [-0.1, -0.05) is 23.2 Å². The maximum absolute atomic E-state index is 8.96. The first-order valence-corrected chi connectivity index (χ1v) is 4.56. The average molecular weight is 221 g/mol. The number of aromatic nitrogens is 1. The zero-order valence-electron chi connectivity index (χ0n) is 6.87. The highest BCUT2D eigenvalue weighted by Gasteiger charge is 2.13. The van der Waals surface area contributed by atoms with Crippen LogP contribution in [0.1, 0.15) is 11.6 Å². The topological polar surface area (TPSA) is 59.1 Å². The second-order valence-electron chi connectivity index (χ2n) is 2.64. The molecule has 0 aliphatic carbocycles. The van der Waals surface area contributed by atoms with Crippen LogP contribution in [0.25, 0.3) is 0 Å². The number of aliphatic hydroxyl groups excluding tert-OH is 1. The van der Waals surface area contributed by atoms with Crippen LogP contribution in [0.4, 0.5) is 0 Å². The Morgan fingerprint density at radius 3 is 2.69 bits per heavy atom. The van der Waals surface area contributed by atoms with Crippen molar-refractivity contribution in [3.63, 3.8) is 0 Å². The molecule has 5 heteroatoms. The standard InChI is InChI=1S/C8H10Cl2N2O/c9-6-1-7(10)8(12-3-6)5(2-11)4-13/h1,3,5,13H,2,4,11H2. The van der Waals surface area contributed by atoms with Crippen LogP contribution in [0.5, 0.6) is 0 Å². The lowest BCUT2D eigenvalue weighted by Gasteiger charge is -2.12. The van der Waals surface area contributed by atoms with Crippen LogP contribution in [0.2, 0.25) is 10.0 Å². The van der Waals surface area contributed by atoms with Gasteiger partial charge in [0.05, 0.1) is 22.3 Å². The van der Waals surface area contributed by atoms with Crippen molar-refractivity contribution in [1.82, 2.24) is 4.98 Å². The quantitative estimate of drug-likeness (QED) is 0.811. The molecule has 0 aliphatic heterocycles. The molecule has 1 atom stereocenters. The minimum Gasteiger partial charge on any atom is -0.396 e. The van der Waals surface area contributed by atoms with Crippen LogP contribution < -0.4 is 5.73 Å². The molecule has 1 heterocycles. The third kappa shape index (κ3) is 2.54. The second kappa shape index (κ2) is 4.77. The van der Waals surface area contributed by atoms with Crippen LogP contribution in [-0.2, 0) is 0 Å². The number of pyridine rings is 1. The summed E-state index contributed by atoms with van der Waals surface area (Å²) in [7, 11) is 0. The Morgan fingerprint density at radius 2 is 2.23 bits per heavy atom. The lowest BCUT2D eigenvalue weighted by Crippen LogP contribution is -2.17. The van der Waals surface area contributed by atoms with E-state index in [-0.39, 0.29) is 12.5 Å². The van der Waals surface area contributed by atoms with E-state index in [0.29, 0.717) is 22.3 Å². The summed E-state index contributed by atoms with van der Waals surface area (Å²) in [4.78, 5) is 4.02. The maximum atomic E-state index is 8.96. The molecule has 0 spiro atoms. The van der Waals surface area contributed by atoms with Gasteiger partial charge in [-0.2, -0.15) is 0 Å². The van der Waals surface area contributed by atoms with Crippen LogP contribution >= 0.6 is 23.2 Å². The van der Waals surface area contributed by atoms with Gasteiger partial charge in [-0.3, -0.25) is 4.98 Å². The predicted octanol–water partition coefficient (Wildman–Crippen LogP) is 1.42. The van der Waals surface area contributed by atoms with Gasteiger partial charge >= 0.3 is 0 Å². The van der Waals surface area contributed by atoms with Gasteiger partial charge in [-0.15, -0.1) is 0 Å². The lowest BCUT2D eigenvalue weighted by molar-refractivity contribution is 0.266. The average Bonchev–Trinajstić information content (AvgIpc) is 2.10. The zero-order chi connectivity index (χ0) is 9.84. The number of nitrogens with two attached hydrogens (primary N) is 1. The highest BCUT2D eigenvalue weighted by atomic mass is 35.5. The molecule has 0 saturated carbocycles. The SMILES string of the molecule is NCC(CO)c1ncc(Cl)cc1Cl. The summed E-state index contributed by atoms with van der Waals surface area (Å²) >= 11 is 11.5. The van der Waals surface area contributed by atoms with Gasteiger partial charge in [0, 0.05) is 18.7 Å². The van der Waals surface area contributed by atoms with Crippen molar-refractivity contribution in [3.8, 4) is 0 Å². The highest BCUT2D eigenvalue weighted by molar-refractivity contribution is 6.34. The van der Waals surface area contributed by atoms with E-state index in [1.165, 1.54) is 6.20 Å². The van der Waals surface area contributed by atoms with Crippen molar-refractivity contribution in [2.75, 3.05) is 13.2 Å². The van der Waals surface area contributed by atoms with Crippen molar-refractivity contribution in [3.05, 3.63) is 28.0 Å². The molecule has 13 heavy (non-hydrogen) atoms. The summed E-state index contributed by atoms with van der Waals surface area (Å²) in [6, 6.07) is 1.59. The molecule has 3 N–H and O–H groups in total. The molecule has 1 aromatic rings. The fourth-order valence-corrected chi connectivity index (χ4v) is 1.53. The maximum Gasteiger partial charge on any atom is 0.0657 e. The molecule has 0 aliphatic rings. The van der Waals surface area contributed by atoms with Crippen molar-refractivity contribution in [2.45, 2.75) is 5.92 Å². The van der Waals surface area contributed by atoms with E-state index >= 15 is 0 Å². The van der Waals surface area contributed by atoms with E-state index in [1.54, 1.807) is 6.07 Å². The third-order valence-corrected chi connectivity index (χ3v) is 2.24. The van der Waals surface area contributed by atoms with E-state index in [2.05, 4.69) is 4.98 Å². The monoisotopic (exact) mass is 220 g/mol. The van der Waals surface area contributed by atoms with Gasteiger partial charge in [-0.25, -0.2) is 0 Å². The molecule has 3 nitrogen and oxygen atoms in total. The number of rotatable bonds is 3. The third-order valence-electron chi connectivity index (χ3n) is 1.73. The second-order valence-corrected chi connectivity index (χ2v) is 3.48. The summed E-state index contributed by atoms with van der Waals surface area (Å²) in [6.45, 7) is 0.246. The van der Waals surface area contributed by atoms with Gasteiger partial charge in [0.25, 0.3) is 0 Å². The smallest absolute Gasteiger partial charge is 0.0657 e. The fourth-order valence-electron chi connectivity index (χ4n) is 0.998. The van der Waals surface area contributed by atoms with Gasteiger partial charge < -0.3 is 10.8 Å². The van der Waals surface area contributed by atoms with E-state index in [0.717, 1.165) is 0 Å². The minimum atomic E-state index is -0.218. The number of halogens is 2. The van der Waals surface area contributed by atoms with Crippen molar-refractivity contribution >= 4 is 23.2 Å². The summed E-state index contributed by atoms with van der Waals surface area (Å²) < 4.78 is 0. The molecule has 1 aromatic heterocycles. The van der Waals surface area contributed by atoms with E-state index in [9.17, 15) is 0 Å². The molecule has 1 unspecified atom stereocenters. The van der Waals surface area contributed by atoms with E-state index in [1.807, 2.05) is 0 Å². The molecular formula is C8H10Cl2N2O. The molecule has 0 bridgehead atoms. The molecule has 0 fully saturated rings. The van der Waals surface area contributed by atoms with Crippen LogP contribution in [0, 0.1) is 0 Å². The van der Waals surface area contributed by atoms with E-state index < -0.39 is 0 Å². The molecule has 1 rings (SSSR count). The van der Waals surface area contributed by atoms with Crippen LogP contribution in [0.3, 0.4) is 0 Å². The normalized spacial score (nSPS) is 12.9. The van der Waals surface area contributed by atoms with Crippen LogP contribution in [0.15, 0.2) is 12.3 Å². The Labute approximate surface area is 86.5 Å². The number of hydrogen-bond acceptors (Lipinski definition) is 3. The zero-order valence-corrected chi connectivity index (χ0v) is 8.39. The molecule has 0 radical (unpaired) electrons. The Bertz CT molecular complexity index is 289. The van der Waals surface area contributed by atoms with E-state index in [4.69, 9.17) is 34.0 Å². The van der Waals surface area contributed by atoms with Crippen molar-refractivity contribution in [1.29, 1.82) is 0 Å². The Kier molecular flexibility index (Phi) is 3.93. The first-order valence-electron chi connectivity index (χ1n) is 3.81. The lowest BCUT2D eigenvalue weighted by atomic mass is 10.1. The predicted molar refractivity (Wildman–Crippen MR) is 53.1 cm³/mol. The summed E-state index contributed by atoms with van der Waals surface area (Å²) in [5.74, 6) is -0.218. The Hall–Kier alpha value is -0.350. The minimum absolute atomic E-state index is 0.0646. The number of hydrogen-bond donors (Lipinski definition) is 2. The summed E-state index contributed by atoms with van der Waals surface area (Å²) in [5.41, 5.74) is 6.02.